The van der Waals surface area contributed by atoms with Crippen molar-refractivity contribution in [3.63, 3.8) is 0 Å². The normalized spacial score (nSPS) is 13.9. The van der Waals surface area contributed by atoms with Crippen LogP contribution in [0.3, 0.4) is 0 Å². The number of nitrogens with one attached hydrogen (secondary N) is 1. The van der Waals surface area contributed by atoms with Gasteiger partial charge in [-0.15, -0.1) is 0 Å². The lowest BCUT2D eigenvalue weighted by molar-refractivity contribution is -0.140. The summed E-state index contributed by atoms with van der Waals surface area (Å²) in [5.41, 5.74) is 1.64. The number of anilines is 1. The van der Waals surface area contributed by atoms with E-state index in [2.05, 4.69) is 5.32 Å². The Labute approximate surface area is 303 Å². The van der Waals surface area contributed by atoms with Gasteiger partial charge >= 0.3 is 0 Å². The van der Waals surface area contributed by atoms with Gasteiger partial charge in [0.2, 0.25) is 11.8 Å². The third-order valence-corrected chi connectivity index (χ3v) is 11.2. The van der Waals surface area contributed by atoms with Crippen LogP contribution in [0, 0.1) is 0 Å². The quantitative estimate of drug-likeness (QED) is 0.142. The number of rotatable bonds is 14. The molecular formula is C37H38Cl3N3O5S. The molecular weight excluding hydrogens is 705 g/mol. The highest BCUT2D eigenvalue weighted by Gasteiger charge is 2.36. The lowest BCUT2D eigenvalue weighted by atomic mass is 10.0. The van der Waals surface area contributed by atoms with E-state index in [4.69, 9.17) is 39.5 Å². The van der Waals surface area contributed by atoms with Crippen LogP contribution in [-0.4, -0.2) is 50.4 Å². The monoisotopic (exact) mass is 741 g/mol. The van der Waals surface area contributed by atoms with Gasteiger partial charge in [-0.3, -0.25) is 13.9 Å². The zero-order valence-electron chi connectivity index (χ0n) is 27.0. The van der Waals surface area contributed by atoms with Crippen molar-refractivity contribution in [2.45, 2.75) is 62.6 Å². The molecule has 4 aromatic rings. The van der Waals surface area contributed by atoms with Crippen LogP contribution in [0.25, 0.3) is 0 Å². The van der Waals surface area contributed by atoms with Crippen molar-refractivity contribution in [3.05, 3.63) is 123 Å². The van der Waals surface area contributed by atoms with Crippen LogP contribution in [0.4, 0.5) is 5.69 Å². The summed E-state index contributed by atoms with van der Waals surface area (Å²) in [5, 5.41) is 4.17. The number of sulfonamides is 1. The minimum atomic E-state index is -4.34. The number of nitrogens with zero attached hydrogens (tertiary/aromatic N) is 2. The molecule has 0 spiro atoms. The summed E-state index contributed by atoms with van der Waals surface area (Å²) < 4.78 is 35.6. The van der Waals surface area contributed by atoms with Crippen molar-refractivity contribution >= 4 is 62.3 Å². The summed E-state index contributed by atoms with van der Waals surface area (Å²) in [7, 11) is -4.34. The van der Waals surface area contributed by atoms with E-state index in [9.17, 15) is 18.0 Å². The lowest BCUT2D eigenvalue weighted by Crippen LogP contribution is -2.54. The number of carbonyl (C=O) groups excluding carboxylic acids is 2. The van der Waals surface area contributed by atoms with Crippen LogP contribution in [0.2, 0.25) is 15.1 Å². The first-order valence-electron chi connectivity index (χ1n) is 16.1. The first-order chi connectivity index (χ1) is 23.6. The summed E-state index contributed by atoms with van der Waals surface area (Å²) in [6, 6.07) is 25.8. The number of halogens is 3. The van der Waals surface area contributed by atoms with E-state index in [1.54, 1.807) is 49.4 Å². The summed E-state index contributed by atoms with van der Waals surface area (Å²) >= 11 is 18.7. The number of carbonyl (C=O) groups is 2. The Balaban J connectivity index is 1.60. The second-order valence-electron chi connectivity index (χ2n) is 11.8. The molecule has 12 heteroatoms. The molecule has 0 heterocycles. The van der Waals surface area contributed by atoms with E-state index in [0.717, 1.165) is 35.6 Å². The second-order valence-corrected chi connectivity index (χ2v) is 14.9. The van der Waals surface area contributed by atoms with E-state index in [1.807, 2.05) is 30.3 Å². The van der Waals surface area contributed by atoms with E-state index in [1.165, 1.54) is 29.2 Å². The fourth-order valence-electron chi connectivity index (χ4n) is 5.94. The van der Waals surface area contributed by atoms with Crippen molar-refractivity contribution in [1.82, 2.24) is 10.2 Å². The molecule has 1 N–H and O–H groups in total. The topological polar surface area (TPSA) is 96.0 Å². The molecule has 0 radical (unpaired) electrons. The third kappa shape index (κ3) is 9.28. The number of para-hydroxylation sites is 2. The predicted molar refractivity (Wildman–Crippen MR) is 195 cm³/mol. The molecule has 1 atom stereocenters. The molecule has 0 aliphatic heterocycles. The fourth-order valence-corrected chi connectivity index (χ4v) is 7.82. The maximum atomic E-state index is 14.8. The van der Waals surface area contributed by atoms with Crippen molar-refractivity contribution in [1.29, 1.82) is 0 Å². The largest absolute Gasteiger partial charge is 0.492 e. The van der Waals surface area contributed by atoms with E-state index in [-0.39, 0.29) is 47.9 Å². The summed E-state index contributed by atoms with van der Waals surface area (Å²) in [4.78, 5) is 30.3. The zero-order chi connectivity index (χ0) is 35.0. The summed E-state index contributed by atoms with van der Waals surface area (Å²) in [6.07, 6.45) is 3.93. The van der Waals surface area contributed by atoms with Gasteiger partial charge in [-0.25, -0.2) is 8.42 Å². The molecule has 5 rings (SSSR count). The van der Waals surface area contributed by atoms with Crippen LogP contribution in [0.1, 0.15) is 43.7 Å². The number of hydrogen-bond donors (Lipinski definition) is 1. The average Bonchev–Trinajstić information content (AvgIpc) is 3.61. The Morgan fingerprint density at radius 2 is 1.53 bits per heavy atom. The number of ether oxygens (including phenoxy) is 1. The van der Waals surface area contributed by atoms with Crippen LogP contribution >= 0.6 is 34.8 Å². The van der Waals surface area contributed by atoms with E-state index in [0.29, 0.717) is 20.6 Å². The van der Waals surface area contributed by atoms with Gasteiger partial charge in [-0.05, 0) is 79.4 Å². The van der Waals surface area contributed by atoms with Crippen molar-refractivity contribution < 1.29 is 22.7 Å². The average molecular weight is 743 g/mol. The molecule has 0 aromatic heterocycles. The molecule has 1 aliphatic carbocycles. The maximum Gasteiger partial charge on any atom is 0.264 e. The Hall–Kier alpha value is -3.76. The molecule has 1 fully saturated rings. The SMILES string of the molecule is CCOc1ccccc1N(CC(=O)N(Cc1ccc(Cl)c(Cl)c1)[C@H](Cc1ccccc1)C(=O)NC1CCCC1)S(=O)(=O)c1ccc(Cl)cc1. The van der Waals surface area contributed by atoms with E-state index >= 15 is 0 Å². The van der Waals surface area contributed by atoms with Crippen LogP contribution in [-0.2, 0) is 32.6 Å². The molecule has 1 saturated carbocycles. The molecule has 0 saturated heterocycles. The van der Waals surface area contributed by atoms with Crippen molar-refractivity contribution in [2.75, 3.05) is 17.5 Å². The Kier molecular flexibility index (Phi) is 12.5. The molecule has 1 aliphatic rings. The number of amides is 2. The minimum absolute atomic E-state index is 0.00690. The molecule has 4 aromatic carbocycles. The van der Waals surface area contributed by atoms with Crippen molar-refractivity contribution in [2.24, 2.45) is 0 Å². The maximum absolute atomic E-state index is 14.8. The predicted octanol–water partition coefficient (Wildman–Crippen LogP) is 7.94. The third-order valence-electron chi connectivity index (χ3n) is 8.42. The molecule has 49 heavy (non-hydrogen) atoms. The minimum Gasteiger partial charge on any atom is -0.492 e. The van der Waals surface area contributed by atoms with Gasteiger partial charge < -0.3 is 15.0 Å². The van der Waals surface area contributed by atoms with Gasteiger partial charge in [0, 0.05) is 24.0 Å². The van der Waals surface area contributed by atoms with Gasteiger partial charge in [-0.1, -0.05) is 96.2 Å². The van der Waals surface area contributed by atoms with Gasteiger partial charge in [0.1, 0.15) is 18.3 Å². The molecule has 0 bridgehead atoms. The first kappa shape index (κ1) is 36.5. The summed E-state index contributed by atoms with van der Waals surface area (Å²) in [5.74, 6) is -0.630. The zero-order valence-corrected chi connectivity index (χ0v) is 30.1. The van der Waals surface area contributed by atoms with Crippen LogP contribution in [0.15, 0.2) is 102 Å². The highest BCUT2D eigenvalue weighted by molar-refractivity contribution is 7.92. The van der Waals surface area contributed by atoms with Gasteiger partial charge in [0.15, 0.2) is 0 Å². The van der Waals surface area contributed by atoms with Gasteiger partial charge in [0.25, 0.3) is 10.0 Å². The molecule has 2 amide bonds. The highest BCUT2D eigenvalue weighted by Crippen LogP contribution is 2.33. The number of benzene rings is 4. The fraction of sp³-hybridized carbons (Fsp3) is 0.297. The molecule has 8 nitrogen and oxygen atoms in total. The van der Waals surface area contributed by atoms with Gasteiger partial charge in [0.05, 0.1) is 27.2 Å². The highest BCUT2D eigenvalue weighted by atomic mass is 35.5. The van der Waals surface area contributed by atoms with Crippen molar-refractivity contribution in [3.8, 4) is 5.75 Å². The number of hydrogen-bond acceptors (Lipinski definition) is 5. The lowest BCUT2D eigenvalue weighted by Gasteiger charge is -2.34. The first-order valence-corrected chi connectivity index (χ1v) is 18.7. The molecule has 0 unspecified atom stereocenters. The van der Waals surface area contributed by atoms with Crippen LogP contribution < -0.4 is 14.4 Å². The standard InChI is InChI=1S/C37H38Cl3N3O5S/c1-2-48-35-15-9-8-14-33(35)43(49(46,47)30-19-17-28(38)18-20-30)25-36(44)42(24-27-16-21-31(39)32(40)22-27)34(23-26-10-4-3-5-11-26)37(45)41-29-12-6-7-13-29/h3-5,8-11,14-22,29,34H,2,6-7,12-13,23-25H2,1H3,(H,41,45)/t34-/m1/s1. The Morgan fingerprint density at radius 1 is 0.857 bits per heavy atom. The van der Waals surface area contributed by atoms with Crippen LogP contribution in [0.5, 0.6) is 5.75 Å². The second kappa shape index (κ2) is 16.8. The Bertz CT molecular complexity index is 1850. The Morgan fingerprint density at radius 3 is 2.20 bits per heavy atom. The van der Waals surface area contributed by atoms with E-state index < -0.39 is 28.5 Å². The molecule has 258 valence electrons. The smallest absolute Gasteiger partial charge is 0.264 e. The van der Waals surface area contributed by atoms with Gasteiger partial charge in [-0.2, -0.15) is 0 Å². The summed E-state index contributed by atoms with van der Waals surface area (Å²) in [6.45, 7) is 1.39.